The van der Waals surface area contributed by atoms with E-state index in [0.29, 0.717) is 18.0 Å². The molecule has 18 heavy (non-hydrogen) atoms. The number of alkyl halides is 1. The summed E-state index contributed by atoms with van der Waals surface area (Å²) in [6, 6.07) is 7.17. The largest absolute Gasteiger partial charge is 0.497 e. The Morgan fingerprint density at radius 3 is 2.44 bits per heavy atom. The monoisotopic (exact) mass is 269 g/mol. The Morgan fingerprint density at radius 1 is 1.28 bits per heavy atom. The number of carbonyl (C=O) groups excluding carboxylic acids is 1. The molecule has 1 aromatic carbocycles. The van der Waals surface area contributed by atoms with Gasteiger partial charge < -0.3 is 9.64 Å². The van der Waals surface area contributed by atoms with E-state index in [2.05, 4.69) is 6.92 Å². The topological polar surface area (TPSA) is 29.5 Å². The summed E-state index contributed by atoms with van der Waals surface area (Å²) in [7, 11) is 1.61. The van der Waals surface area contributed by atoms with Gasteiger partial charge in [0.05, 0.1) is 7.11 Å². The van der Waals surface area contributed by atoms with Gasteiger partial charge >= 0.3 is 0 Å². The van der Waals surface area contributed by atoms with Crippen LogP contribution < -0.4 is 4.74 Å². The second-order valence-electron chi connectivity index (χ2n) is 4.06. The average molecular weight is 270 g/mol. The van der Waals surface area contributed by atoms with Gasteiger partial charge in [0, 0.05) is 24.5 Å². The third kappa shape index (κ3) is 4.22. The predicted molar refractivity (Wildman–Crippen MR) is 74.5 cm³/mol. The van der Waals surface area contributed by atoms with Crippen molar-refractivity contribution in [2.24, 2.45) is 0 Å². The highest BCUT2D eigenvalue weighted by Crippen LogP contribution is 2.13. The molecule has 4 heteroatoms. The third-order valence-electron chi connectivity index (χ3n) is 2.76. The summed E-state index contributed by atoms with van der Waals surface area (Å²) in [6.07, 6.45) is 2.06. The van der Waals surface area contributed by atoms with E-state index in [0.717, 1.165) is 25.1 Å². The number of hydrogen-bond donors (Lipinski definition) is 0. The second-order valence-corrected chi connectivity index (χ2v) is 4.44. The molecule has 0 aromatic heterocycles. The number of unbranched alkanes of at least 4 members (excludes halogenated alkanes) is 1. The van der Waals surface area contributed by atoms with Crippen LogP contribution in [-0.4, -0.2) is 36.9 Å². The van der Waals surface area contributed by atoms with Crippen molar-refractivity contribution in [1.82, 2.24) is 4.90 Å². The van der Waals surface area contributed by atoms with E-state index in [1.54, 1.807) is 36.3 Å². The van der Waals surface area contributed by atoms with Crippen LogP contribution in [0.25, 0.3) is 0 Å². The molecule has 100 valence electrons. The quantitative estimate of drug-likeness (QED) is 0.712. The Bertz CT molecular complexity index is 365. The molecule has 0 aliphatic heterocycles. The van der Waals surface area contributed by atoms with Gasteiger partial charge in [-0.05, 0) is 30.7 Å². The van der Waals surface area contributed by atoms with Crippen molar-refractivity contribution in [2.75, 3.05) is 26.1 Å². The van der Waals surface area contributed by atoms with Crippen LogP contribution in [0, 0.1) is 0 Å². The molecule has 1 rings (SSSR count). The highest BCUT2D eigenvalue weighted by atomic mass is 35.5. The lowest BCUT2D eigenvalue weighted by Crippen LogP contribution is -2.33. The molecule has 0 unspecified atom stereocenters. The van der Waals surface area contributed by atoms with Crippen molar-refractivity contribution >= 4 is 17.5 Å². The standard InChI is InChI=1S/C14H20ClNO2/c1-3-4-10-16(11-9-15)14(17)12-5-7-13(18-2)8-6-12/h5-8H,3-4,9-11H2,1-2H3. The molecule has 0 bridgehead atoms. The SMILES string of the molecule is CCCCN(CCCl)C(=O)c1ccc(OC)cc1. The molecule has 0 aliphatic carbocycles. The van der Waals surface area contributed by atoms with Gasteiger partial charge in [0.2, 0.25) is 0 Å². The normalized spacial score (nSPS) is 10.2. The Labute approximate surface area is 114 Å². The molecule has 0 N–H and O–H groups in total. The summed E-state index contributed by atoms with van der Waals surface area (Å²) in [5, 5.41) is 0. The number of halogens is 1. The number of amides is 1. The lowest BCUT2D eigenvalue weighted by molar-refractivity contribution is 0.0763. The summed E-state index contributed by atoms with van der Waals surface area (Å²) in [5.74, 6) is 1.25. The van der Waals surface area contributed by atoms with E-state index < -0.39 is 0 Å². The predicted octanol–water partition coefficient (Wildman–Crippen LogP) is 3.18. The lowest BCUT2D eigenvalue weighted by Gasteiger charge is -2.21. The van der Waals surface area contributed by atoms with Crippen LogP contribution in [0.3, 0.4) is 0 Å². The number of nitrogens with zero attached hydrogens (tertiary/aromatic N) is 1. The number of methoxy groups -OCH3 is 1. The van der Waals surface area contributed by atoms with Gasteiger partial charge in [-0.3, -0.25) is 4.79 Å². The zero-order chi connectivity index (χ0) is 13.4. The van der Waals surface area contributed by atoms with Crippen molar-refractivity contribution in [2.45, 2.75) is 19.8 Å². The maximum Gasteiger partial charge on any atom is 0.253 e. The fourth-order valence-corrected chi connectivity index (χ4v) is 1.89. The van der Waals surface area contributed by atoms with Crippen LogP contribution >= 0.6 is 11.6 Å². The van der Waals surface area contributed by atoms with E-state index in [4.69, 9.17) is 16.3 Å². The molecule has 0 radical (unpaired) electrons. The maximum atomic E-state index is 12.3. The highest BCUT2D eigenvalue weighted by molar-refractivity contribution is 6.18. The number of benzene rings is 1. The van der Waals surface area contributed by atoms with Crippen LogP contribution in [0.5, 0.6) is 5.75 Å². The number of hydrogen-bond acceptors (Lipinski definition) is 2. The molecule has 0 atom stereocenters. The van der Waals surface area contributed by atoms with Gasteiger partial charge in [0.25, 0.3) is 5.91 Å². The van der Waals surface area contributed by atoms with E-state index in [1.165, 1.54) is 0 Å². The van der Waals surface area contributed by atoms with Crippen molar-refractivity contribution in [3.63, 3.8) is 0 Å². The smallest absolute Gasteiger partial charge is 0.253 e. The van der Waals surface area contributed by atoms with E-state index in [9.17, 15) is 4.79 Å². The number of ether oxygens (including phenoxy) is 1. The zero-order valence-corrected chi connectivity index (χ0v) is 11.7. The maximum absolute atomic E-state index is 12.3. The molecule has 0 aliphatic rings. The minimum atomic E-state index is 0.0340. The van der Waals surface area contributed by atoms with Crippen LogP contribution in [0.2, 0.25) is 0 Å². The van der Waals surface area contributed by atoms with Gasteiger partial charge in [-0.2, -0.15) is 0 Å². The molecule has 0 saturated carbocycles. The van der Waals surface area contributed by atoms with Crippen molar-refractivity contribution in [3.8, 4) is 5.75 Å². The summed E-state index contributed by atoms with van der Waals surface area (Å²) in [4.78, 5) is 14.1. The van der Waals surface area contributed by atoms with E-state index in [1.807, 2.05) is 0 Å². The molecule has 1 amide bonds. The van der Waals surface area contributed by atoms with Gasteiger partial charge in [0.1, 0.15) is 5.75 Å². The number of rotatable bonds is 7. The minimum absolute atomic E-state index is 0.0340. The first-order valence-corrected chi connectivity index (χ1v) is 6.75. The number of carbonyl (C=O) groups is 1. The third-order valence-corrected chi connectivity index (χ3v) is 2.93. The van der Waals surface area contributed by atoms with Crippen molar-refractivity contribution < 1.29 is 9.53 Å². The first kappa shape index (κ1) is 14.8. The molecule has 1 aromatic rings. The fourth-order valence-electron chi connectivity index (χ4n) is 1.68. The lowest BCUT2D eigenvalue weighted by atomic mass is 10.2. The first-order chi connectivity index (χ1) is 8.72. The van der Waals surface area contributed by atoms with Crippen molar-refractivity contribution in [3.05, 3.63) is 29.8 Å². The second kappa shape index (κ2) is 7.98. The Morgan fingerprint density at radius 2 is 1.94 bits per heavy atom. The Hall–Kier alpha value is -1.22. The van der Waals surface area contributed by atoms with Crippen LogP contribution in [0.15, 0.2) is 24.3 Å². The molecule has 0 heterocycles. The molecular weight excluding hydrogens is 250 g/mol. The first-order valence-electron chi connectivity index (χ1n) is 6.22. The van der Waals surface area contributed by atoms with Crippen molar-refractivity contribution in [1.29, 1.82) is 0 Å². The molecule has 0 spiro atoms. The average Bonchev–Trinajstić information content (AvgIpc) is 2.43. The Balaban J connectivity index is 2.73. The molecule has 3 nitrogen and oxygen atoms in total. The zero-order valence-electron chi connectivity index (χ0n) is 11.0. The molecule has 0 fully saturated rings. The van der Waals surface area contributed by atoms with Gasteiger partial charge in [-0.25, -0.2) is 0 Å². The van der Waals surface area contributed by atoms with Crippen LogP contribution in [-0.2, 0) is 0 Å². The van der Waals surface area contributed by atoms with Gasteiger partial charge in [-0.1, -0.05) is 13.3 Å². The van der Waals surface area contributed by atoms with Crippen LogP contribution in [0.1, 0.15) is 30.1 Å². The fraction of sp³-hybridized carbons (Fsp3) is 0.500. The summed E-state index contributed by atoms with van der Waals surface area (Å²) in [6.45, 7) is 3.46. The van der Waals surface area contributed by atoms with Crippen LogP contribution in [0.4, 0.5) is 0 Å². The van der Waals surface area contributed by atoms with E-state index >= 15 is 0 Å². The van der Waals surface area contributed by atoms with E-state index in [-0.39, 0.29) is 5.91 Å². The summed E-state index contributed by atoms with van der Waals surface area (Å²) in [5.41, 5.74) is 0.678. The molecule has 0 saturated heterocycles. The summed E-state index contributed by atoms with van der Waals surface area (Å²) >= 11 is 5.74. The molecular formula is C14H20ClNO2. The minimum Gasteiger partial charge on any atom is -0.497 e. The van der Waals surface area contributed by atoms with Gasteiger partial charge in [0.15, 0.2) is 0 Å². The summed E-state index contributed by atoms with van der Waals surface area (Å²) < 4.78 is 5.08. The van der Waals surface area contributed by atoms with Gasteiger partial charge in [-0.15, -0.1) is 11.6 Å². The highest BCUT2D eigenvalue weighted by Gasteiger charge is 2.14. The Kier molecular flexibility index (Phi) is 6.58.